The van der Waals surface area contributed by atoms with Gasteiger partial charge in [0.05, 0.1) is 5.54 Å². The van der Waals surface area contributed by atoms with Gasteiger partial charge in [0.15, 0.2) is 0 Å². The van der Waals surface area contributed by atoms with Crippen molar-refractivity contribution in [1.29, 1.82) is 0 Å². The van der Waals surface area contributed by atoms with Crippen LogP contribution in [0.15, 0.2) is 4.99 Å². The highest BCUT2D eigenvalue weighted by Gasteiger charge is 2.14. The van der Waals surface area contributed by atoms with Gasteiger partial charge in [-0.25, -0.2) is 0 Å². The second-order valence-electron chi connectivity index (χ2n) is 4.40. The minimum absolute atomic E-state index is 0.0472. The maximum Gasteiger partial charge on any atom is 0.123 e. The van der Waals surface area contributed by atoms with Crippen molar-refractivity contribution in [3.05, 3.63) is 0 Å². The fraction of sp³-hybridized carbons (Fsp3) is 0.900. The molecule has 0 aliphatic heterocycles. The van der Waals surface area contributed by atoms with E-state index in [0.717, 1.165) is 5.25 Å². The third-order valence-electron chi connectivity index (χ3n) is 1.90. The van der Waals surface area contributed by atoms with Crippen LogP contribution in [0.3, 0.4) is 0 Å². The van der Waals surface area contributed by atoms with Gasteiger partial charge in [0.25, 0.3) is 0 Å². The van der Waals surface area contributed by atoms with Crippen molar-refractivity contribution in [2.75, 3.05) is 0 Å². The first-order valence-corrected chi connectivity index (χ1v) is 5.58. The molecule has 0 aromatic carbocycles. The van der Waals surface area contributed by atoms with Gasteiger partial charge in [-0.2, -0.15) is 0 Å². The van der Waals surface area contributed by atoms with Crippen LogP contribution in [-0.2, 0) is 0 Å². The zero-order chi connectivity index (χ0) is 9.03. The molecule has 0 saturated heterocycles. The Morgan fingerprint density at radius 3 is 2.33 bits per heavy atom. The molecule has 2 heteroatoms. The molecule has 1 rings (SSSR count). The Labute approximate surface area is 80.0 Å². The summed E-state index contributed by atoms with van der Waals surface area (Å²) in [6.07, 6.45) is 5.51. The molecule has 1 radical (unpaired) electrons. The van der Waals surface area contributed by atoms with E-state index >= 15 is 0 Å². The SMILES string of the molecule is CC(C)(C)N=[C]SC1CCCC1. The van der Waals surface area contributed by atoms with Crippen molar-refractivity contribution in [3.63, 3.8) is 0 Å². The lowest BCUT2D eigenvalue weighted by Gasteiger charge is -2.10. The molecule has 0 amide bonds. The molecule has 0 bridgehead atoms. The number of hydrogen-bond donors (Lipinski definition) is 0. The van der Waals surface area contributed by atoms with Gasteiger partial charge in [-0.3, -0.25) is 4.99 Å². The van der Waals surface area contributed by atoms with Gasteiger partial charge in [0.1, 0.15) is 5.55 Å². The van der Waals surface area contributed by atoms with E-state index in [0.29, 0.717) is 0 Å². The van der Waals surface area contributed by atoms with Crippen molar-refractivity contribution < 1.29 is 0 Å². The molecule has 0 aromatic rings. The third kappa shape index (κ3) is 4.15. The molecule has 1 nitrogen and oxygen atoms in total. The largest absolute Gasteiger partial charge is 0.270 e. The predicted molar refractivity (Wildman–Crippen MR) is 57.0 cm³/mol. The lowest BCUT2D eigenvalue weighted by Crippen LogP contribution is -2.09. The smallest absolute Gasteiger partial charge is 0.123 e. The Hall–Kier alpha value is 0.0200. The van der Waals surface area contributed by atoms with Gasteiger partial charge in [-0.05, 0) is 33.6 Å². The Morgan fingerprint density at radius 2 is 1.83 bits per heavy atom. The highest BCUT2D eigenvalue weighted by atomic mass is 32.2. The Morgan fingerprint density at radius 1 is 1.25 bits per heavy atom. The first-order valence-electron chi connectivity index (χ1n) is 4.70. The van der Waals surface area contributed by atoms with E-state index in [4.69, 9.17) is 0 Å². The van der Waals surface area contributed by atoms with Crippen LogP contribution < -0.4 is 0 Å². The minimum Gasteiger partial charge on any atom is -0.270 e. The lowest BCUT2D eigenvalue weighted by atomic mass is 10.1. The van der Waals surface area contributed by atoms with Gasteiger partial charge in [-0.1, -0.05) is 12.8 Å². The first kappa shape index (κ1) is 10.1. The monoisotopic (exact) mass is 184 g/mol. The van der Waals surface area contributed by atoms with Gasteiger partial charge in [0, 0.05) is 5.25 Å². The molecule has 1 saturated carbocycles. The van der Waals surface area contributed by atoms with E-state index in [9.17, 15) is 0 Å². The summed E-state index contributed by atoms with van der Waals surface area (Å²) in [4.78, 5) is 4.33. The lowest BCUT2D eigenvalue weighted by molar-refractivity contribution is 0.588. The van der Waals surface area contributed by atoms with Crippen LogP contribution in [0.5, 0.6) is 0 Å². The summed E-state index contributed by atoms with van der Waals surface area (Å²) in [7, 11) is 0. The maximum atomic E-state index is 4.33. The summed E-state index contributed by atoms with van der Waals surface area (Å²) in [5.74, 6) is 0. The molecule has 0 aromatic heterocycles. The summed E-state index contributed by atoms with van der Waals surface area (Å²) < 4.78 is 0. The second kappa shape index (κ2) is 4.31. The van der Waals surface area contributed by atoms with Gasteiger partial charge in [0.2, 0.25) is 0 Å². The Balaban J connectivity index is 2.20. The molecular weight excluding hydrogens is 166 g/mol. The van der Waals surface area contributed by atoms with Crippen LogP contribution in [0.2, 0.25) is 0 Å². The first-order chi connectivity index (χ1) is 5.58. The van der Waals surface area contributed by atoms with E-state index in [1.54, 1.807) is 11.8 Å². The van der Waals surface area contributed by atoms with Crippen LogP contribution in [0.25, 0.3) is 0 Å². The van der Waals surface area contributed by atoms with Crippen LogP contribution in [0.1, 0.15) is 46.5 Å². The Kier molecular flexibility index (Phi) is 3.63. The van der Waals surface area contributed by atoms with Crippen LogP contribution in [-0.4, -0.2) is 16.3 Å². The van der Waals surface area contributed by atoms with Gasteiger partial charge in [-0.15, -0.1) is 11.8 Å². The van der Waals surface area contributed by atoms with Crippen molar-refractivity contribution in [1.82, 2.24) is 0 Å². The molecule has 69 valence electrons. The van der Waals surface area contributed by atoms with E-state index in [2.05, 4.69) is 31.3 Å². The molecule has 1 fully saturated rings. The van der Waals surface area contributed by atoms with Crippen molar-refractivity contribution >= 4 is 17.3 Å². The topological polar surface area (TPSA) is 12.4 Å². The fourth-order valence-corrected chi connectivity index (χ4v) is 2.29. The average molecular weight is 184 g/mol. The molecule has 0 atom stereocenters. The molecule has 1 aliphatic rings. The molecule has 0 N–H and O–H groups in total. The van der Waals surface area contributed by atoms with Crippen molar-refractivity contribution in [2.24, 2.45) is 4.99 Å². The molecule has 0 spiro atoms. The number of nitrogens with zero attached hydrogens (tertiary/aromatic N) is 1. The number of thioether (sulfide) groups is 1. The normalized spacial score (nSPS) is 20.9. The molecular formula is C10H18NS. The third-order valence-corrected chi connectivity index (χ3v) is 2.90. The highest BCUT2D eigenvalue weighted by Crippen LogP contribution is 2.28. The van der Waals surface area contributed by atoms with Crippen LogP contribution in [0.4, 0.5) is 0 Å². The zero-order valence-electron chi connectivity index (χ0n) is 8.26. The fourth-order valence-electron chi connectivity index (χ4n) is 1.24. The molecule has 12 heavy (non-hydrogen) atoms. The van der Waals surface area contributed by atoms with E-state index in [1.165, 1.54) is 25.7 Å². The number of aliphatic imine (C=N–C) groups is 1. The van der Waals surface area contributed by atoms with Crippen LogP contribution >= 0.6 is 11.8 Å². The van der Waals surface area contributed by atoms with E-state index in [-0.39, 0.29) is 5.54 Å². The molecule has 0 heterocycles. The second-order valence-corrected chi connectivity index (χ2v) is 5.48. The summed E-state index contributed by atoms with van der Waals surface area (Å²) in [6.45, 7) is 6.32. The quantitative estimate of drug-likeness (QED) is 0.473. The van der Waals surface area contributed by atoms with E-state index in [1.807, 2.05) is 0 Å². The molecule has 0 unspecified atom stereocenters. The van der Waals surface area contributed by atoms with Crippen molar-refractivity contribution in [3.8, 4) is 0 Å². The maximum absolute atomic E-state index is 4.33. The highest BCUT2D eigenvalue weighted by molar-refractivity contribution is 8.12. The summed E-state index contributed by atoms with van der Waals surface area (Å²) >= 11 is 1.79. The summed E-state index contributed by atoms with van der Waals surface area (Å²) in [5, 5.41) is 0.802. The Bertz CT molecular complexity index is 152. The van der Waals surface area contributed by atoms with E-state index < -0.39 is 0 Å². The van der Waals surface area contributed by atoms with Gasteiger partial charge >= 0.3 is 0 Å². The number of hydrogen-bond acceptors (Lipinski definition) is 2. The standard InChI is InChI=1S/C10H18NS/c1-10(2,3)11-8-12-9-6-4-5-7-9/h9H,4-7H2,1-3H3. The average Bonchev–Trinajstić information content (AvgIpc) is 2.36. The zero-order valence-corrected chi connectivity index (χ0v) is 9.08. The molecule has 1 aliphatic carbocycles. The summed E-state index contributed by atoms with van der Waals surface area (Å²) in [6, 6.07) is 0. The number of rotatable bonds is 2. The van der Waals surface area contributed by atoms with Crippen LogP contribution in [0, 0.1) is 0 Å². The van der Waals surface area contributed by atoms with Crippen molar-refractivity contribution in [2.45, 2.75) is 57.2 Å². The minimum atomic E-state index is 0.0472. The van der Waals surface area contributed by atoms with Gasteiger partial charge < -0.3 is 0 Å². The predicted octanol–water partition coefficient (Wildman–Crippen LogP) is 3.37. The summed E-state index contributed by atoms with van der Waals surface area (Å²) in [5.41, 5.74) is 3.16.